The predicted octanol–water partition coefficient (Wildman–Crippen LogP) is 3.63. The van der Waals surface area contributed by atoms with Crippen molar-refractivity contribution in [2.75, 3.05) is 0 Å². The summed E-state index contributed by atoms with van der Waals surface area (Å²) >= 11 is 3.21. The largest absolute Gasteiger partial charge is 0.481 e. The van der Waals surface area contributed by atoms with Crippen LogP contribution in [0.1, 0.15) is 24.8 Å². The molecule has 1 N–H and O–H groups in total. The molecule has 18 heavy (non-hydrogen) atoms. The Morgan fingerprint density at radius 2 is 2.11 bits per heavy atom. The van der Waals surface area contributed by atoms with Crippen LogP contribution in [0.4, 0.5) is 4.39 Å². The van der Waals surface area contributed by atoms with Gasteiger partial charge in [0.05, 0.1) is 5.41 Å². The average molecular weight is 313 g/mol. The maximum absolute atomic E-state index is 13.8. The van der Waals surface area contributed by atoms with Gasteiger partial charge in [-0.25, -0.2) is 4.39 Å². The van der Waals surface area contributed by atoms with E-state index in [1.807, 2.05) is 0 Å². The quantitative estimate of drug-likeness (QED) is 0.925. The van der Waals surface area contributed by atoms with E-state index in [0.717, 1.165) is 6.42 Å². The normalized spacial score (nSPS) is 33.2. The van der Waals surface area contributed by atoms with Gasteiger partial charge in [0.2, 0.25) is 0 Å². The van der Waals surface area contributed by atoms with Gasteiger partial charge in [-0.2, -0.15) is 0 Å². The summed E-state index contributed by atoms with van der Waals surface area (Å²) in [6.45, 7) is 0. The third kappa shape index (κ3) is 1.96. The molecule has 2 nitrogen and oxygen atoms in total. The number of hydrogen-bond acceptors (Lipinski definition) is 1. The van der Waals surface area contributed by atoms with E-state index in [-0.39, 0.29) is 5.82 Å². The van der Waals surface area contributed by atoms with Crippen molar-refractivity contribution in [3.63, 3.8) is 0 Å². The first kappa shape index (κ1) is 12.2. The molecule has 4 heteroatoms. The van der Waals surface area contributed by atoms with Crippen molar-refractivity contribution < 1.29 is 14.3 Å². The van der Waals surface area contributed by atoms with Crippen molar-refractivity contribution in [3.8, 4) is 0 Å². The Labute approximate surface area is 113 Å². The lowest BCUT2D eigenvalue weighted by Crippen LogP contribution is -2.32. The molecule has 2 aliphatic carbocycles. The van der Waals surface area contributed by atoms with Gasteiger partial charge < -0.3 is 5.11 Å². The van der Waals surface area contributed by atoms with Gasteiger partial charge in [0.15, 0.2) is 0 Å². The number of benzene rings is 1. The highest BCUT2D eigenvalue weighted by atomic mass is 79.9. The molecule has 2 fully saturated rings. The van der Waals surface area contributed by atoms with E-state index < -0.39 is 11.4 Å². The average Bonchev–Trinajstić information content (AvgIpc) is 2.91. The number of aliphatic carboxylic acids is 1. The van der Waals surface area contributed by atoms with E-state index in [0.29, 0.717) is 41.1 Å². The third-order valence-electron chi connectivity index (χ3n) is 4.37. The van der Waals surface area contributed by atoms with Crippen LogP contribution >= 0.6 is 15.9 Å². The minimum Gasteiger partial charge on any atom is -0.481 e. The zero-order valence-electron chi connectivity index (χ0n) is 9.83. The fourth-order valence-electron chi connectivity index (χ4n) is 3.32. The number of carboxylic acid groups (broad SMARTS) is 1. The van der Waals surface area contributed by atoms with Crippen LogP contribution < -0.4 is 0 Å². The highest BCUT2D eigenvalue weighted by Gasteiger charge is 2.57. The maximum atomic E-state index is 13.8. The Hall–Kier alpha value is -0.900. The molecule has 0 heterocycles. The molecule has 96 valence electrons. The summed E-state index contributed by atoms with van der Waals surface area (Å²) in [6.07, 6.45) is 2.90. The Balaban J connectivity index is 1.87. The summed E-state index contributed by atoms with van der Waals surface area (Å²) in [6, 6.07) is 4.86. The van der Waals surface area contributed by atoms with Crippen LogP contribution in [0, 0.1) is 23.1 Å². The second-order valence-electron chi connectivity index (χ2n) is 5.66. The Bertz CT molecular complexity index is 505. The van der Waals surface area contributed by atoms with Gasteiger partial charge >= 0.3 is 5.97 Å². The molecule has 2 unspecified atom stereocenters. The molecule has 3 rings (SSSR count). The zero-order valence-corrected chi connectivity index (χ0v) is 11.4. The molecule has 2 atom stereocenters. The van der Waals surface area contributed by atoms with E-state index in [9.17, 15) is 14.3 Å². The first-order valence-corrected chi connectivity index (χ1v) is 6.97. The second-order valence-corrected chi connectivity index (χ2v) is 6.58. The SMILES string of the molecule is O=C(O)C1(Cc2ccc(Br)cc2F)CC2CC2C1. The second kappa shape index (κ2) is 4.05. The number of rotatable bonds is 3. The summed E-state index contributed by atoms with van der Waals surface area (Å²) in [5.41, 5.74) is -0.218. The molecule has 0 aromatic heterocycles. The molecule has 2 saturated carbocycles. The molecule has 0 aliphatic heterocycles. The Morgan fingerprint density at radius 1 is 1.44 bits per heavy atom. The number of carboxylic acids is 1. The summed E-state index contributed by atoms with van der Waals surface area (Å²) < 4.78 is 14.5. The number of fused-ring (bicyclic) bond motifs is 1. The number of halogens is 2. The number of carbonyl (C=O) groups is 1. The minimum atomic E-state index is -0.767. The topological polar surface area (TPSA) is 37.3 Å². The van der Waals surface area contributed by atoms with Crippen molar-refractivity contribution in [2.45, 2.75) is 25.7 Å². The predicted molar refractivity (Wildman–Crippen MR) is 68.7 cm³/mol. The van der Waals surface area contributed by atoms with E-state index in [2.05, 4.69) is 15.9 Å². The van der Waals surface area contributed by atoms with Gasteiger partial charge in [-0.05, 0) is 55.2 Å². The first-order chi connectivity index (χ1) is 8.50. The summed E-state index contributed by atoms with van der Waals surface area (Å²) in [4.78, 5) is 11.5. The maximum Gasteiger partial charge on any atom is 0.309 e. The van der Waals surface area contributed by atoms with Crippen LogP contribution in [0.5, 0.6) is 0 Å². The lowest BCUT2D eigenvalue weighted by Gasteiger charge is -2.26. The van der Waals surface area contributed by atoms with Crippen molar-refractivity contribution in [2.24, 2.45) is 17.3 Å². The molecule has 0 spiro atoms. The van der Waals surface area contributed by atoms with Crippen LogP contribution in [0.3, 0.4) is 0 Å². The Morgan fingerprint density at radius 3 is 2.67 bits per heavy atom. The summed E-state index contributed by atoms with van der Waals surface area (Å²) in [5, 5.41) is 9.48. The van der Waals surface area contributed by atoms with E-state index in [1.54, 1.807) is 12.1 Å². The standard InChI is InChI=1S/C14H14BrFO2/c15-11-2-1-8(12(16)4-11)5-14(13(17)18)6-9-3-10(9)7-14/h1-2,4,9-10H,3,5-7H2,(H,17,18). The van der Waals surface area contributed by atoms with Crippen LogP contribution in [0.2, 0.25) is 0 Å². The highest BCUT2D eigenvalue weighted by Crippen LogP contribution is 2.61. The van der Waals surface area contributed by atoms with Gasteiger partial charge in [0, 0.05) is 4.47 Å². The fraction of sp³-hybridized carbons (Fsp3) is 0.500. The van der Waals surface area contributed by atoms with Crippen LogP contribution in [0.15, 0.2) is 22.7 Å². The van der Waals surface area contributed by atoms with E-state index in [1.165, 1.54) is 6.07 Å². The van der Waals surface area contributed by atoms with Gasteiger partial charge in [-0.15, -0.1) is 0 Å². The molecule has 0 saturated heterocycles. The van der Waals surface area contributed by atoms with Crippen molar-refractivity contribution >= 4 is 21.9 Å². The molecule has 1 aromatic rings. The molecule has 0 amide bonds. The molecule has 0 bridgehead atoms. The summed E-state index contributed by atoms with van der Waals surface area (Å²) in [5.74, 6) is 0.0572. The van der Waals surface area contributed by atoms with Gasteiger partial charge in [0.1, 0.15) is 5.82 Å². The van der Waals surface area contributed by atoms with Gasteiger partial charge in [-0.3, -0.25) is 4.79 Å². The van der Waals surface area contributed by atoms with Crippen LogP contribution in [-0.4, -0.2) is 11.1 Å². The lowest BCUT2D eigenvalue weighted by molar-refractivity contribution is -0.149. The smallest absolute Gasteiger partial charge is 0.309 e. The summed E-state index contributed by atoms with van der Waals surface area (Å²) in [7, 11) is 0. The molecule has 0 radical (unpaired) electrons. The molecule has 2 aliphatic rings. The van der Waals surface area contributed by atoms with E-state index in [4.69, 9.17) is 0 Å². The Kier molecular flexibility index (Phi) is 2.73. The zero-order chi connectivity index (χ0) is 12.9. The van der Waals surface area contributed by atoms with Crippen molar-refractivity contribution in [3.05, 3.63) is 34.1 Å². The molecular formula is C14H14BrFO2. The number of hydrogen-bond donors (Lipinski definition) is 1. The molecular weight excluding hydrogens is 299 g/mol. The van der Waals surface area contributed by atoms with Crippen LogP contribution in [0.25, 0.3) is 0 Å². The van der Waals surface area contributed by atoms with Crippen molar-refractivity contribution in [1.29, 1.82) is 0 Å². The van der Waals surface area contributed by atoms with Crippen LogP contribution in [-0.2, 0) is 11.2 Å². The lowest BCUT2D eigenvalue weighted by atomic mass is 9.77. The highest BCUT2D eigenvalue weighted by molar-refractivity contribution is 9.10. The monoisotopic (exact) mass is 312 g/mol. The fourth-order valence-corrected chi connectivity index (χ4v) is 3.65. The van der Waals surface area contributed by atoms with E-state index >= 15 is 0 Å². The van der Waals surface area contributed by atoms with Gasteiger partial charge in [0.25, 0.3) is 0 Å². The van der Waals surface area contributed by atoms with Crippen molar-refractivity contribution in [1.82, 2.24) is 0 Å². The molecule has 1 aromatic carbocycles. The minimum absolute atomic E-state index is 0.314. The van der Waals surface area contributed by atoms with Gasteiger partial charge in [-0.1, -0.05) is 22.0 Å². The first-order valence-electron chi connectivity index (χ1n) is 6.17. The third-order valence-corrected chi connectivity index (χ3v) is 4.87.